The number of carbonyl (C=O) groups excluding carboxylic acids is 1. The molecule has 2 rings (SSSR count). The first-order valence-electron chi connectivity index (χ1n) is 7.13. The van der Waals surface area contributed by atoms with E-state index in [2.05, 4.69) is 10.1 Å². The Morgan fingerprint density at radius 3 is 2.77 bits per heavy atom. The van der Waals surface area contributed by atoms with E-state index in [0.717, 1.165) is 25.3 Å². The molecule has 0 aromatic heterocycles. The molecule has 1 aromatic carbocycles. The Morgan fingerprint density at radius 1 is 1.41 bits per heavy atom. The lowest BCUT2D eigenvalue weighted by Gasteiger charge is -2.37. The molecule has 0 heterocycles. The van der Waals surface area contributed by atoms with Gasteiger partial charge in [0.1, 0.15) is 5.75 Å². The molecule has 22 heavy (non-hydrogen) atoms. The molecule has 7 heteroatoms. The maximum absolute atomic E-state index is 12.3. The molecule has 1 aliphatic carbocycles. The van der Waals surface area contributed by atoms with Crippen LogP contribution in [0, 0.1) is 5.92 Å². The summed E-state index contributed by atoms with van der Waals surface area (Å²) in [6, 6.07) is 5.22. The van der Waals surface area contributed by atoms with Gasteiger partial charge in [-0.3, -0.25) is 4.79 Å². The van der Waals surface area contributed by atoms with Gasteiger partial charge in [0, 0.05) is 17.3 Å². The molecule has 0 aliphatic heterocycles. The third-order valence-corrected chi connectivity index (χ3v) is 3.91. The zero-order valence-electron chi connectivity index (χ0n) is 12.2. The number of alkyl halides is 3. The number of hydrogen-bond acceptors (Lipinski definition) is 3. The number of anilines is 1. The second-order valence-corrected chi connectivity index (χ2v) is 5.87. The smallest absolute Gasteiger partial charge is 0.406 e. The van der Waals surface area contributed by atoms with Crippen molar-refractivity contribution in [2.75, 3.05) is 5.32 Å². The minimum atomic E-state index is -4.76. The van der Waals surface area contributed by atoms with Gasteiger partial charge in [-0.25, -0.2) is 0 Å². The molecule has 3 N–H and O–H groups in total. The van der Waals surface area contributed by atoms with Crippen LogP contribution in [-0.4, -0.2) is 17.8 Å². The van der Waals surface area contributed by atoms with E-state index in [9.17, 15) is 18.0 Å². The van der Waals surface area contributed by atoms with Gasteiger partial charge in [0.05, 0.1) is 5.92 Å². The number of rotatable bonds is 3. The molecule has 1 aromatic rings. The van der Waals surface area contributed by atoms with Crippen LogP contribution in [-0.2, 0) is 4.79 Å². The lowest BCUT2D eigenvalue weighted by atomic mass is 9.74. The fourth-order valence-corrected chi connectivity index (χ4v) is 2.79. The highest BCUT2D eigenvalue weighted by molar-refractivity contribution is 5.93. The highest BCUT2D eigenvalue weighted by Gasteiger charge is 2.37. The summed E-state index contributed by atoms with van der Waals surface area (Å²) in [4.78, 5) is 12.3. The maximum atomic E-state index is 12.3. The first kappa shape index (κ1) is 16.6. The number of halogens is 3. The number of hydrogen-bond donors (Lipinski definition) is 2. The van der Waals surface area contributed by atoms with Crippen molar-refractivity contribution in [3.8, 4) is 5.75 Å². The summed E-state index contributed by atoms with van der Waals surface area (Å²) in [5.74, 6) is -0.994. The van der Waals surface area contributed by atoms with Crippen LogP contribution in [0.4, 0.5) is 18.9 Å². The van der Waals surface area contributed by atoms with Crippen molar-refractivity contribution in [2.45, 2.75) is 44.5 Å². The Kier molecular flexibility index (Phi) is 4.65. The molecule has 4 nitrogen and oxygen atoms in total. The molecule has 0 radical (unpaired) electrons. The summed E-state index contributed by atoms with van der Waals surface area (Å²) in [7, 11) is 0. The number of nitrogens with one attached hydrogen (secondary N) is 1. The summed E-state index contributed by atoms with van der Waals surface area (Å²) in [6.45, 7) is 1.83. The molecule has 1 saturated carbocycles. The van der Waals surface area contributed by atoms with Crippen LogP contribution in [0.1, 0.15) is 32.6 Å². The molecular formula is C15H19F3N2O2. The van der Waals surface area contributed by atoms with Gasteiger partial charge in [-0.2, -0.15) is 0 Å². The van der Waals surface area contributed by atoms with Crippen LogP contribution in [0.3, 0.4) is 0 Å². The lowest BCUT2D eigenvalue weighted by Crippen LogP contribution is -2.51. The van der Waals surface area contributed by atoms with Crippen molar-refractivity contribution in [3.05, 3.63) is 24.3 Å². The number of nitrogens with two attached hydrogens (primary N) is 1. The zero-order valence-corrected chi connectivity index (χ0v) is 12.2. The quantitative estimate of drug-likeness (QED) is 0.898. The van der Waals surface area contributed by atoms with E-state index in [1.165, 1.54) is 18.2 Å². The zero-order chi connectivity index (χ0) is 16.4. The standard InChI is InChI=1S/C15H19F3N2O2/c1-14(19)8-3-2-7-12(14)13(21)20-10-5-4-6-11(9-10)22-15(16,17)18/h4-6,9,12H,2-3,7-8,19H2,1H3,(H,20,21). The van der Waals surface area contributed by atoms with Gasteiger partial charge < -0.3 is 15.8 Å². The molecule has 2 atom stereocenters. The topological polar surface area (TPSA) is 64.4 Å². The molecule has 2 unspecified atom stereocenters. The van der Waals surface area contributed by atoms with Gasteiger partial charge in [-0.15, -0.1) is 13.2 Å². The third kappa shape index (κ3) is 4.37. The first-order chi connectivity index (χ1) is 10.2. The molecule has 122 valence electrons. The minimum absolute atomic E-state index is 0.258. The molecule has 1 aliphatic rings. The van der Waals surface area contributed by atoms with Gasteiger partial charge in [0.2, 0.25) is 5.91 Å². The second kappa shape index (κ2) is 6.16. The predicted octanol–water partition coefficient (Wildman–Crippen LogP) is 3.43. The van der Waals surface area contributed by atoms with E-state index >= 15 is 0 Å². The van der Waals surface area contributed by atoms with Crippen LogP contribution in [0.5, 0.6) is 5.75 Å². The van der Waals surface area contributed by atoms with E-state index in [1.54, 1.807) is 0 Å². The summed E-state index contributed by atoms with van der Waals surface area (Å²) >= 11 is 0. The summed E-state index contributed by atoms with van der Waals surface area (Å²) in [6.07, 6.45) is -1.44. The van der Waals surface area contributed by atoms with Crippen LogP contribution in [0.2, 0.25) is 0 Å². The third-order valence-electron chi connectivity index (χ3n) is 3.91. The normalized spacial score (nSPS) is 25.6. The average Bonchev–Trinajstić information content (AvgIpc) is 2.36. The highest BCUT2D eigenvalue weighted by atomic mass is 19.4. The first-order valence-corrected chi connectivity index (χ1v) is 7.13. The lowest BCUT2D eigenvalue weighted by molar-refractivity contribution is -0.274. The van der Waals surface area contributed by atoms with Gasteiger partial charge in [-0.05, 0) is 31.9 Å². The van der Waals surface area contributed by atoms with Crippen molar-refractivity contribution in [3.63, 3.8) is 0 Å². The molecule has 0 spiro atoms. The summed E-state index contributed by atoms with van der Waals surface area (Å²) in [5.41, 5.74) is 5.82. The summed E-state index contributed by atoms with van der Waals surface area (Å²) < 4.78 is 40.4. The van der Waals surface area contributed by atoms with E-state index < -0.39 is 11.9 Å². The van der Waals surface area contributed by atoms with Crippen molar-refractivity contribution in [1.82, 2.24) is 0 Å². The van der Waals surface area contributed by atoms with Crippen molar-refractivity contribution in [1.29, 1.82) is 0 Å². The van der Waals surface area contributed by atoms with Gasteiger partial charge >= 0.3 is 6.36 Å². The van der Waals surface area contributed by atoms with Crippen LogP contribution < -0.4 is 15.8 Å². The predicted molar refractivity (Wildman–Crippen MR) is 76.3 cm³/mol. The number of benzene rings is 1. The number of ether oxygens (including phenoxy) is 1. The summed E-state index contributed by atoms with van der Waals surface area (Å²) in [5, 5.41) is 2.63. The Balaban J connectivity index is 2.07. The Bertz CT molecular complexity index is 544. The van der Waals surface area contributed by atoms with Crippen LogP contribution in [0.25, 0.3) is 0 Å². The van der Waals surface area contributed by atoms with Gasteiger partial charge in [0.25, 0.3) is 0 Å². The largest absolute Gasteiger partial charge is 0.573 e. The van der Waals surface area contributed by atoms with Crippen molar-refractivity contribution in [2.24, 2.45) is 11.7 Å². The van der Waals surface area contributed by atoms with Crippen molar-refractivity contribution >= 4 is 11.6 Å². The van der Waals surface area contributed by atoms with E-state index in [-0.39, 0.29) is 23.3 Å². The van der Waals surface area contributed by atoms with Gasteiger partial charge in [0.15, 0.2) is 0 Å². The molecule has 0 saturated heterocycles. The van der Waals surface area contributed by atoms with Crippen molar-refractivity contribution < 1.29 is 22.7 Å². The molecule has 0 bridgehead atoms. The molecular weight excluding hydrogens is 297 g/mol. The molecule has 1 amide bonds. The van der Waals surface area contributed by atoms with E-state index in [4.69, 9.17) is 5.73 Å². The Labute approximate surface area is 126 Å². The minimum Gasteiger partial charge on any atom is -0.406 e. The second-order valence-electron chi connectivity index (χ2n) is 5.87. The maximum Gasteiger partial charge on any atom is 0.573 e. The van der Waals surface area contributed by atoms with Crippen LogP contribution >= 0.6 is 0 Å². The number of amides is 1. The fraction of sp³-hybridized carbons (Fsp3) is 0.533. The van der Waals surface area contributed by atoms with Crippen LogP contribution in [0.15, 0.2) is 24.3 Å². The fourth-order valence-electron chi connectivity index (χ4n) is 2.79. The van der Waals surface area contributed by atoms with Gasteiger partial charge in [-0.1, -0.05) is 18.9 Å². The highest BCUT2D eigenvalue weighted by Crippen LogP contribution is 2.33. The Hall–Kier alpha value is -1.76. The number of carbonyl (C=O) groups is 1. The average molecular weight is 316 g/mol. The van der Waals surface area contributed by atoms with E-state index in [0.29, 0.717) is 6.42 Å². The molecule has 1 fully saturated rings. The van der Waals surface area contributed by atoms with E-state index in [1.807, 2.05) is 6.92 Å². The monoisotopic (exact) mass is 316 g/mol. The SMILES string of the molecule is CC1(N)CCCCC1C(=O)Nc1cccc(OC(F)(F)F)c1. The Morgan fingerprint density at radius 2 is 2.14 bits per heavy atom.